The van der Waals surface area contributed by atoms with E-state index in [1.807, 2.05) is 6.92 Å². The molecule has 0 aliphatic rings. The van der Waals surface area contributed by atoms with Crippen LogP contribution < -0.4 is 5.32 Å². The summed E-state index contributed by atoms with van der Waals surface area (Å²) in [5.41, 5.74) is 0. The highest BCUT2D eigenvalue weighted by atomic mass is 17.0. The van der Waals surface area contributed by atoms with Gasteiger partial charge in [0.05, 0.1) is 0 Å². The van der Waals surface area contributed by atoms with E-state index in [4.69, 9.17) is 0 Å². The number of hydrogen-bond acceptors (Lipinski definition) is 5. The van der Waals surface area contributed by atoms with E-state index in [1.165, 1.54) is 6.92 Å². The molecular formula is C6H12N2O5. The third-order valence-electron chi connectivity index (χ3n) is 1.03. The summed E-state index contributed by atoms with van der Waals surface area (Å²) in [5.74, 6) is 0. The molecule has 0 spiro atoms. The van der Waals surface area contributed by atoms with Crippen LogP contribution in [0.4, 0.5) is 4.79 Å². The summed E-state index contributed by atoms with van der Waals surface area (Å²) in [6, 6.07) is 0. The predicted octanol–water partition coefficient (Wildman–Crippen LogP) is 0.677. The molecule has 7 nitrogen and oxygen atoms in total. The van der Waals surface area contributed by atoms with Gasteiger partial charge in [-0.2, -0.15) is 0 Å². The number of alkyl carbamates (subject to hydrolysis) is 1. The van der Waals surface area contributed by atoms with Crippen molar-refractivity contribution < 1.29 is 19.5 Å². The van der Waals surface area contributed by atoms with Crippen LogP contribution in [0.25, 0.3) is 0 Å². The van der Waals surface area contributed by atoms with E-state index in [-0.39, 0.29) is 0 Å². The van der Waals surface area contributed by atoms with E-state index in [2.05, 4.69) is 14.9 Å². The molecule has 0 fully saturated rings. The van der Waals surface area contributed by atoms with Crippen molar-refractivity contribution >= 4 is 6.09 Å². The smallest absolute Gasteiger partial charge is 0.409 e. The fraction of sp³-hybridized carbons (Fsp3) is 0.833. The molecule has 0 heterocycles. The maximum Gasteiger partial charge on any atom is 0.409 e. The molecule has 0 rings (SSSR count). The van der Waals surface area contributed by atoms with Crippen LogP contribution in [0.2, 0.25) is 0 Å². The van der Waals surface area contributed by atoms with Crippen molar-refractivity contribution in [1.29, 1.82) is 0 Å². The summed E-state index contributed by atoms with van der Waals surface area (Å²) in [5, 5.41) is 11.1. The third kappa shape index (κ3) is 6.85. The number of nitrogens with one attached hydrogen (secondary N) is 1. The van der Waals surface area contributed by atoms with Crippen LogP contribution in [0, 0.1) is 10.1 Å². The first-order chi connectivity index (χ1) is 6.06. The standard InChI is InChI=1S/C6H12N2O5/c1-3-4-7-6(9)12-5(2)13-8(10)11/h5H,3-4H2,1-2H3,(H,7,9). The zero-order valence-corrected chi connectivity index (χ0v) is 7.48. The van der Waals surface area contributed by atoms with Crippen LogP contribution in [-0.4, -0.2) is 24.0 Å². The first-order valence-electron chi connectivity index (χ1n) is 3.82. The molecule has 0 saturated heterocycles. The number of ether oxygens (including phenoxy) is 1. The Morgan fingerprint density at radius 1 is 1.69 bits per heavy atom. The van der Waals surface area contributed by atoms with Crippen LogP contribution in [0.15, 0.2) is 0 Å². The van der Waals surface area contributed by atoms with Crippen LogP contribution in [-0.2, 0) is 9.57 Å². The molecule has 7 heteroatoms. The molecule has 13 heavy (non-hydrogen) atoms. The second-order valence-corrected chi connectivity index (χ2v) is 2.23. The molecule has 0 aromatic heterocycles. The van der Waals surface area contributed by atoms with Crippen molar-refractivity contribution in [3.63, 3.8) is 0 Å². The van der Waals surface area contributed by atoms with E-state index >= 15 is 0 Å². The SMILES string of the molecule is CCCNC(=O)OC(C)O[N+](=O)[O-]. The van der Waals surface area contributed by atoms with Gasteiger partial charge in [0.1, 0.15) is 0 Å². The minimum atomic E-state index is -1.19. The second kappa shape index (κ2) is 6.04. The maximum atomic E-state index is 10.8. The zero-order valence-electron chi connectivity index (χ0n) is 7.48. The summed E-state index contributed by atoms with van der Waals surface area (Å²) in [4.78, 5) is 24.5. The van der Waals surface area contributed by atoms with Crippen molar-refractivity contribution in [3.05, 3.63) is 10.1 Å². The molecular weight excluding hydrogens is 180 g/mol. The van der Waals surface area contributed by atoms with Gasteiger partial charge in [0.15, 0.2) is 0 Å². The molecule has 0 aliphatic heterocycles. The van der Waals surface area contributed by atoms with Gasteiger partial charge in [0.2, 0.25) is 6.29 Å². The molecule has 0 aromatic rings. The van der Waals surface area contributed by atoms with Crippen molar-refractivity contribution in [2.75, 3.05) is 6.54 Å². The van der Waals surface area contributed by atoms with E-state index in [0.29, 0.717) is 6.54 Å². The number of amides is 1. The highest BCUT2D eigenvalue weighted by molar-refractivity contribution is 5.67. The van der Waals surface area contributed by atoms with E-state index in [1.54, 1.807) is 0 Å². The van der Waals surface area contributed by atoms with E-state index < -0.39 is 17.5 Å². The van der Waals surface area contributed by atoms with Gasteiger partial charge in [-0.15, -0.1) is 10.1 Å². The second-order valence-electron chi connectivity index (χ2n) is 2.23. The van der Waals surface area contributed by atoms with Crippen LogP contribution in [0.1, 0.15) is 20.3 Å². The maximum absolute atomic E-state index is 10.8. The minimum absolute atomic E-state index is 0.462. The van der Waals surface area contributed by atoms with Crippen LogP contribution in [0.3, 0.4) is 0 Å². The fourth-order valence-electron chi connectivity index (χ4n) is 0.562. The highest BCUT2D eigenvalue weighted by Gasteiger charge is 2.11. The summed E-state index contributed by atoms with van der Waals surface area (Å²) in [6.07, 6.45) is -1.15. The topological polar surface area (TPSA) is 90.7 Å². The molecule has 1 N–H and O–H groups in total. The number of rotatable bonds is 5. The number of carbonyl (C=O) groups excluding carboxylic acids is 1. The average molecular weight is 192 g/mol. The van der Waals surface area contributed by atoms with Gasteiger partial charge < -0.3 is 10.1 Å². The Balaban J connectivity index is 3.59. The Labute approximate surface area is 75.1 Å². The van der Waals surface area contributed by atoms with Gasteiger partial charge in [-0.3, -0.25) is 4.84 Å². The molecule has 1 atom stereocenters. The van der Waals surface area contributed by atoms with Crippen molar-refractivity contribution in [2.45, 2.75) is 26.6 Å². The highest BCUT2D eigenvalue weighted by Crippen LogP contribution is 1.93. The lowest BCUT2D eigenvalue weighted by molar-refractivity contribution is -0.777. The molecule has 0 aliphatic carbocycles. The Bertz CT molecular complexity index is 184. The lowest BCUT2D eigenvalue weighted by Gasteiger charge is -2.10. The molecule has 0 aromatic carbocycles. The first-order valence-corrected chi connectivity index (χ1v) is 3.82. The van der Waals surface area contributed by atoms with Crippen LogP contribution in [0.5, 0.6) is 0 Å². The van der Waals surface area contributed by atoms with Crippen LogP contribution >= 0.6 is 0 Å². The van der Waals surface area contributed by atoms with Crippen molar-refractivity contribution in [3.8, 4) is 0 Å². The Morgan fingerprint density at radius 3 is 2.77 bits per heavy atom. The fourth-order valence-corrected chi connectivity index (χ4v) is 0.562. The van der Waals surface area contributed by atoms with E-state index in [9.17, 15) is 14.9 Å². The minimum Gasteiger partial charge on any atom is -0.419 e. The molecule has 76 valence electrons. The monoisotopic (exact) mass is 192 g/mol. The van der Waals surface area contributed by atoms with Crippen molar-refractivity contribution in [1.82, 2.24) is 5.32 Å². The predicted molar refractivity (Wildman–Crippen MR) is 42.3 cm³/mol. The Kier molecular flexibility index (Phi) is 5.33. The van der Waals surface area contributed by atoms with Gasteiger partial charge in [0, 0.05) is 6.54 Å². The number of nitrogens with zero attached hydrogens (tertiary/aromatic N) is 1. The number of carbonyl (C=O) groups is 1. The van der Waals surface area contributed by atoms with Gasteiger partial charge >= 0.3 is 6.09 Å². The average Bonchev–Trinajstić information content (AvgIpc) is 1.98. The van der Waals surface area contributed by atoms with Gasteiger partial charge in [-0.25, -0.2) is 4.79 Å². The van der Waals surface area contributed by atoms with Gasteiger partial charge in [0.25, 0.3) is 5.09 Å². The lowest BCUT2D eigenvalue weighted by Crippen LogP contribution is -2.30. The molecule has 1 unspecified atom stereocenters. The quantitative estimate of drug-likeness (QED) is 0.393. The molecule has 0 bridgehead atoms. The lowest BCUT2D eigenvalue weighted by atomic mass is 10.5. The Hall–Kier alpha value is -1.53. The summed E-state index contributed by atoms with van der Waals surface area (Å²) >= 11 is 0. The Morgan fingerprint density at radius 2 is 2.31 bits per heavy atom. The number of hydrogen-bond donors (Lipinski definition) is 1. The van der Waals surface area contributed by atoms with Gasteiger partial charge in [-0.1, -0.05) is 6.92 Å². The molecule has 0 saturated carbocycles. The van der Waals surface area contributed by atoms with E-state index in [0.717, 1.165) is 6.42 Å². The van der Waals surface area contributed by atoms with Gasteiger partial charge in [-0.05, 0) is 13.3 Å². The summed E-state index contributed by atoms with van der Waals surface area (Å²) in [7, 11) is 0. The zero-order chi connectivity index (χ0) is 10.3. The first kappa shape index (κ1) is 11.5. The largest absolute Gasteiger partial charge is 0.419 e. The molecule has 1 amide bonds. The summed E-state index contributed by atoms with van der Waals surface area (Å²) in [6.45, 7) is 3.59. The summed E-state index contributed by atoms with van der Waals surface area (Å²) < 4.78 is 4.45. The normalized spacial score (nSPS) is 11.5. The molecule has 0 radical (unpaired) electrons. The van der Waals surface area contributed by atoms with Crippen molar-refractivity contribution in [2.24, 2.45) is 0 Å². The third-order valence-corrected chi connectivity index (χ3v) is 1.03.